The number of piperidine rings is 2. The van der Waals surface area contributed by atoms with Crippen LogP contribution in [0.2, 0.25) is 0 Å². The van der Waals surface area contributed by atoms with E-state index < -0.39 is 5.60 Å². The highest BCUT2D eigenvalue weighted by Gasteiger charge is 2.47. The fraction of sp³-hybridized carbons (Fsp3) is 0.556. The quantitative estimate of drug-likeness (QED) is 0.653. The predicted molar refractivity (Wildman–Crippen MR) is 132 cm³/mol. The Kier molecular flexibility index (Phi) is 5.81. The molecular weight excluding hydrogens is 428 g/mol. The first kappa shape index (κ1) is 21.7. The van der Waals surface area contributed by atoms with Gasteiger partial charge < -0.3 is 19.3 Å². The smallest absolute Gasteiger partial charge is 0.415 e. The molecule has 7 heteroatoms. The molecule has 34 heavy (non-hydrogen) atoms. The second-order valence-electron chi connectivity index (χ2n) is 10.3. The van der Waals surface area contributed by atoms with E-state index in [0.717, 1.165) is 56.3 Å². The normalized spacial score (nSPS) is 23.7. The maximum absolute atomic E-state index is 12.5. The lowest BCUT2D eigenvalue weighted by Crippen LogP contribution is -2.47. The van der Waals surface area contributed by atoms with E-state index in [9.17, 15) is 4.79 Å². The number of nitrogens with zero attached hydrogens (tertiary/aromatic N) is 4. The molecule has 0 bridgehead atoms. The molecule has 6 rings (SSSR count). The van der Waals surface area contributed by atoms with Crippen molar-refractivity contribution < 1.29 is 14.3 Å². The molecule has 1 amide bonds. The molecule has 3 saturated heterocycles. The van der Waals surface area contributed by atoms with Crippen LogP contribution < -0.4 is 14.5 Å². The van der Waals surface area contributed by atoms with Crippen molar-refractivity contribution in [2.75, 3.05) is 42.5 Å². The van der Waals surface area contributed by atoms with E-state index >= 15 is 0 Å². The van der Waals surface area contributed by atoms with Crippen molar-refractivity contribution >= 4 is 17.5 Å². The van der Waals surface area contributed by atoms with Crippen LogP contribution >= 0.6 is 0 Å². The summed E-state index contributed by atoms with van der Waals surface area (Å²) in [5.41, 5.74) is 1.60. The van der Waals surface area contributed by atoms with E-state index in [2.05, 4.69) is 39.0 Å². The number of carbonyl (C=O) groups is 1. The van der Waals surface area contributed by atoms with E-state index in [-0.39, 0.29) is 6.09 Å². The lowest BCUT2D eigenvalue weighted by molar-refractivity contribution is 0.0366. The van der Waals surface area contributed by atoms with Crippen LogP contribution in [-0.2, 0) is 4.74 Å². The number of rotatable bonds is 5. The molecule has 4 fully saturated rings. The van der Waals surface area contributed by atoms with Crippen LogP contribution in [0.1, 0.15) is 44.9 Å². The van der Waals surface area contributed by atoms with E-state index in [4.69, 9.17) is 9.47 Å². The molecule has 1 spiro atoms. The molecule has 2 aromatic rings. The minimum Gasteiger partial charge on any atom is -0.490 e. The summed E-state index contributed by atoms with van der Waals surface area (Å²) >= 11 is 0. The number of likely N-dealkylation sites (tertiary alicyclic amines) is 1. The number of carbonyl (C=O) groups excluding carboxylic acids is 1. The molecule has 1 saturated carbocycles. The fourth-order valence-corrected chi connectivity index (χ4v) is 5.81. The van der Waals surface area contributed by atoms with Crippen LogP contribution in [0.15, 0.2) is 48.8 Å². The van der Waals surface area contributed by atoms with Gasteiger partial charge in [-0.2, -0.15) is 0 Å². The van der Waals surface area contributed by atoms with Crippen molar-refractivity contribution in [1.29, 1.82) is 0 Å². The van der Waals surface area contributed by atoms with Gasteiger partial charge in [-0.05, 0) is 62.1 Å². The Labute approximate surface area is 201 Å². The van der Waals surface area contributed by atoms with Gasteiger partial charge in [0.05, 0.1) is 18.4 Å². The van der Waals surface area contributed by atoms with Gasteiger partial charge in [0.1, 0.15) is 17.5 Å². The van der Waals surface area contributed by atoms with Crippen molar-refractivity contribution in [1.82, 2.24) is 9.88 Å². The Morgan fingerprint density at radius 1 is 0.941 bits per heavy atom. The minimum atomic E-state index is -0.402. The van der Waals surface area contributed by atoms with Gasteiger partial charge in [0.25, 0.3) is 0 Å². The largest absolute Gasteiger partial charge is 0.490 e. The van der Waals surface area contributed by atoms with Crippen molar-refractivity contribution in [2.45, 2.75) is 62.7 Å². The highest BCUT2D eigenvalue weighted by Crippen LogP contribution is 2.37. The molecule has 1 aromatic carbocycles. The van der Waals surface area contributed by atoms with Crippen molar-refractivity contribution in [2.24, 2.45) is 0 Å². The number of hydrogen-bond acceptors (Lipinski definition) is 6. The average molecular weight is 463 g/mol. The number of aromatic nitrogens is 1. The summed E-state index contributed by atoms with van der Waals surface area (Å²) in [5.74, 6) is 0.969. The molecule has 0 radical (unpaired) electrons. The molecule has 1 aliphatic carbocycles. The summed E-state index contributed by atoms with van der Waals surface area (Å²) in [6.07, 6.45) is 11.6. The van der Waals surface area contributed by atoms with Gasteiger partial charge in [-0.3, -0.25) is 9.88 Å². The first-order valence-corrected chi connectivity index (χ1v) is 12.8. The molecule has 0 N–H and O–H groups in total. The van der Waals surface area contributed by atoms with Gasteiger partial charge in [-0.1, -0.05) is 6.42 Å². The topological polar surface area (TPSA) is 58.1 Å². The fourth-order valence-electron chi connectivity index (χ4n) is 5.81. The Morgan fingerprint density at radius 3 is 2.35 bits per heavy atom. The number of ether oxygens (including phenoxy) is 2. The van der Waals surface area contributed by atoms with Crippen molar-refractivity contribution in [3.8, 4) is 5.75 Å². The zero-order valence-corrected chi connectivity index (χ0v) is 19.8. The molecule has 0 unspecified atom stereocenters. The third kappa shape index (κ3) is 4.33. The first-order chi connectivity index (χ1) is 16.7. The van der Waals surface area contributed by atoms with Crippen LogP contribution in [0.25, 0.3) is 0 Å². The number of pyridine rings is 1. The molecule has 4 aliphatic rings. The van der Waals surface area contributed by atoms with Gasteiger partial charge in [0.2, 0.25) is 0 Å². The van der Waals surface area contributed by atoms with E-state index in [1.54, 1.807) is 17.3 Å². The van der Waals surface area contributed by atoms with Gasteiger partial charge in [0.15, 0.2) is 0 Å². The molecule has 0 atom stereocenters. The standard InChI is InChI=1S/C27H34N4O3/c32-26-31(23-5-2-14-28-19-23)20-27(34-26)12-17-30(18-13-27)22-6-8-24(9-7-22)33-25-10-15-29(16-11-25)21-3-1-4-21/h2,5-9,14,19,21,25H,1,3-4,10-13,15-18,20H2. The van der Waals surface area contributed by atoms with E-state index in [1.165, 1.54) is 38.0 Å². The molecule has 1 aromatic heterocycles. The number of amides is 1. The van der Waals surface area contributed by atoms with Crippen LogP contribution in [-0.4, -0.2) is 66.4 Å². The lowest BCUT2D eigenvalue weighted by Gasteiger charge is -2.41. The maximum atomic E-state index is 12.5. The Morgan fingerprint density at radius 2 is 1.71 bits per heavy atom. The second kappa shape index (κ2) is 9.10. The van der Waals surface area contributed by atoms with Gasteiger partial charge in [-0.25, -0.2) is 4.79 Å². The van der Waals surface area contributed by atoms with Gasteiger partial charge in [-0.15, -0.1) is 0 Å². The van der Waals surface area contributed by atoms with E-state index in [1.807, 2.05) is 12.1 Å². The minimum absolute atomic E-state index is 0.263. The van der Waals surface area contributed by atoms with E-state index in [0.29, 0.717) is 12.6 Å². The number of anilines is 2. The average Bonchev–Trinajstić information content (AvgIpc) is 3.16. The molecular formula is C27H34N4O3. The van der Waals surface area contributed by atoms with Crippen LogP contribution in [0.4, 0.5) is 16.2 Å². The Hall–Kier alpha value is -2.80. The van der Waals surface area contributed by atoms with Gasteiger partial charge >= 0.3 is 6.09 Å². The predicted octanol–water partition coefficient (Wildman–Crippen LogP) is 4.47. The number of benzene rings is 1. The van der Waals surface area contributed by atoms with Crippen LogP contribution in [0.3, 0.4) is 0 Å². The zero-order chi connectivity index (χ0) is 23.0. The monoisotopic (exact) mass is 462 g/mol. The highest BCUT2D eigenvalue weighted by molar-refractivity contribution is 5.90. The molecule has 3 aliphatic heterocycles. The summed E-state index contributed by atoms with van der Waals surface area (Å²) in [5, 5.41) is 0. The summed E-state index contributed by atoms with van der Waals surface area (Å²) < 4.78 is 12.2. The molecule has 180 valence electrons. The Bertz CT molecular complexity index is 979. The molecule has 7 nitrogen and oxygen atoms in total. The summed E-state index contributed by atoms with van der Waals surface area (Å²) in [6.45, 7) is 4.68. The van der Waals surface area contributed by atoms with Crippen molar-refractivity contribution in [3.05, 3.63) is 48.8 Å². The molecule has 4 heterocycles. The van der Waals surface area contributed by atoms with Crippen LogP contribution in [0.5, 0.6) is 5.75 Å². The van der Waals surface area contributed by atoms with Crippen molar-refractivity contribution in [3.63, 3.8) is 0 Å². The first-order valence-electron chi connectivity index (χ1n) is 12.8. The summed E-state index contributed by atoms with van der Waals surface area (Å²) in [6, 6.07) is 13.1. The highest BCUT2D eigenvalue weighted by atomic mass is 16.6. The Balaban J connectivity index is 1.01. The summed E-state index contributed by atoms with van der Waals surface area (Å²) in [4.78, 5) is 23.4. The third-order valence-electron chi connectivity index (χ3n) is 8.18. The SMILES string of the molecule is O=C1OC2(CCN(c3ccc(OC4CCN(C5CCC5)CC4)cc3)CC2)CN1c1cccnc1. The zero-order valence-electron chi connectivity index (χ0n) is 19.8. The van der Waals surface area contributed by atoms with Gasteiger partial charge in [0, 0.05) is 56.9 Å². The maximum Gasteiger partial charge on any atom is 0.415 e. The number of hydrogen-bond donors (Lipinski definition) is 0. The lowest BCUT2D eigenvalue weighted by atomic mass is 9.90. The second-order valence-corrected chi connectivity index (χ2v) is 10.3. The van der Waals surface area contributed by atoms with Crippen LogP contribution in [0, 0.1) is 0 Å². The third-order valence-corrected chi connectivity index (χ3v) is 8.18. The summed E-state index contributed by atoms with van der Waals surface area (Å²) in [7, 11) is 0.